The van der Waals surface area contributed by atoms with E-state index in [0.29, 0.717) is 17.5 Å². The standard InChI is InChI=1S/C46H29N3S/c1-4-14-30(15-5-1)43-47-44(31-16-6-2-7-17-31)49-45(48-43)32-24-26-34(27-25-32)46(33-18-8-3-9-19-33)38-22-12-10-21-37(38)41-39(46)29-28-36-35-20-11-13-23-40(35)50-42(36)41/h1-29H. The van der Waals surface area contributed by atoms with Gasteiger partial charge in [-0.2, -0.15) is 0 Å². The molecule has 0 fully saturated rings. The van der Waals surface area contributed by atoms with Gasteiger partial charge in [0, 0.05) is 42.4 Å². The van der Waals surface area contributed by atoms with E-state index in [-0.39, 0.29) is 0 Å². The predicted molar refractivity (Wildman–Crippen MR) is 206 cm³/mol. The summed E-state index contributed by atoms with van der Waals surface area (Å²) < 4.78 is 2.66. The highest BCUT2D eigenvalue weighted by atomic mass is 32.1. The third-order valence-electron chi connectivity index (χ3n) is 10.0. The van der Waals surface area contributed by atoms with E-state index >= 15 is 0 Å². The first-order valence-corrected chi connectivity index (χ1v) is 17.7. The first-order chi connectivity index (χ1) is 24.8. The number of rotatable bonds is 5. The zero-order valence-electron chi connectivity index (χ0n) is 27.0. The third kappa shape index (κ3) is 4.32. The van der Waals surface area contributed by atoms with Gasteiger partial charge in [0.1, 0.15) is 0 Å². The minimum absolute atomic E-state index is 0.500. The van der Waals surface area contributed by atoms with Crippen LogP contribution in [0.15, 0.2) is 176 Å². The van der Waals surface area contributed by atoms with Gasteiger partial charge >= 0.3 is 0 Å². The number of fused-ring (bicyclic) bond motifs is 7. The monoisotopic (exact) mass is 655 g/mol. The van der Waals surface area contributed by atoms with Crippen molar-refractivity contribution in [3.05, 3.63) is 198 Å². The highest BCUT2D eigenvalue weighted by Gasteiger charge is 2.46. The molecule has 0 spiro atoms. The number of thiophene rings is 1. The van der Waals surface area contributed by atoms with Crippen LogP contribution in [-0.2, 0) is 5.41 Å². The van der Waals surface area contributed by atoms with Gasteiger partial charge in [0.2, 0.25) is 0 Å². The van der Waals surface area contributed by atoms with Crippen LogP contribution in [0.4, 0.5) is 0 Å². The molecule has 7 aromatic carbocycles. The summed E-state index contributed by atoms with van der Waals surface area (Å²) in [4.78, 5) is 14.9. The van der Waals surface area contributed by atoms with Crippen LogP contribution in [0.1, 0.15) is 22.3 Å². The van der Waals surface area contributed by atoms with Crippen LogP contribution in [-0.4, -0.2) is 15.0 Å². The molecule has 1 aliphatic rings. The molecule has 0 saturated carbocycles. The molecule has 0 amide bonds. The fourth-order valence-corrected chi connectivity index (χ4v) is 9.09. The lowest BCUT2D eigenvalue weighted by Crippen LogP contribution is -2.28. The van der Waals surface area contributed by atoms with Crippen LogP contribution in [0, 0.1) is 0 Å². The molecule has 1 aliphatic carbocycles. The van der Waals surface area contributed by atoms with Crippen LogP contribution < -0.4 is 0 Å². The Hall–Kier alpha value is -6.23. The Morgan fingerprint density at radius 2 is 0.900 bits per heavy atom. The van der Waals surface area contributed by atoms with Crippen LogP contribution in [0.25, 0.3) is 65.5 Å². The summed E-state index contributed by atoms with van der Waals surface area (Å²) in [5.41, 5.74) is 10.1. The van der Waals surface area contributed by atoms with Crippen LogP contribution >= 0.6 is 11.3 Å². The Morgan fingerprint density at radius 1 is 0.380 bits per heavy atom. The van der Waals surface area contributed by atoms with Crippen LogP contribution in [0.3, 0.4) is 0 Å². The van der Waals surface area contributed by atoms with Gasteiger partial charge < -0.3 is 0 Å². The molecule has 4 heteroatoms. The van der Waals surface area contributed by atoms with Crippen molar-refractivity contribution in [3.63, 3.8) is 0 Å². The third-order valence-corrected chi connectivity index (χ3v) is 11.2. The summed E-state index contributed by atoms with van der Waals surface area (Å²) in [6, 6.07) is 62.6. The van der Waals surface area contributed by atoms with Crippen molar-refractivity contribution >= 4 is 31.5 Å². The summed E-state index contributed by atoms with van der Waals surface area (Å²) in [7, 11) is 0. The Labute approximate surface area is 294 Å². The van der Waals surface area contributed by atoms with E-state index in [1.807, 2.05) is 72.0 Å². The van der Waals surface area contributed by atoms with E-state index < -0.39 is 5.41 Å². The average Bonchev–Trinajstić information content (AvgIpc) is 3.73. The maximum absolute atomic E-state index is 5.01. The molecule has 9 aromatic rings. The minimum atomic E-state index is -0.500. The van der Waals surface area contributed by atoms with Crippen LogP contribution in [0.2, 0.25) is 0 Å². The SMILES string of the molecule is c1ccc(-c2nc(-c3ccccc3)nc(-c3ccc(C4(c5ccccc5)c5ccccc5-c5c4ccc4c5sc5ccccc54)cc3)n2)cc1. The molecule has 2 aromatic heterocycles. The molecule has 0 N–H and O–H groups in total. The number of benzene rings is 7. The maximum atomic E-state index is 5.01. The van der Waals surface area contributed by atoms with Gasteiger partial charge in [0.25, 0.3) is 0 Å². The summed E-state index contributed by atoms with van der Waals surface area (Å²) in [6.07, 6.45) is 0. The number of nitrogens with zero attached hydrogens (tertiary/aromatic N) is 3. The van der Waals surface area contributed by atoms with Crippen molar-refractivity contribution in [2.24, 2.45) is 0 Å². The molecule has 10 rings (SSSR count). The van der Waals surface area contributed by atoms with Crippen molar-refractivity contribution in [2.75, 3.05) is 0 Å². The van der Waals surface area contributed by atoms with Crippen molar-refractivity contribution < 1.29 is 0 Å². The number of hydrogen-bond donors (Lipinski definition) is 0. The normalized spacial score (nSPS) is 14.9. The summed E-state index contributed by atoms with van der Waals surface area (Å²) in [5.74, 6) is 1.97. The molecule has 1 atom stereocenters. The molecule has 3 nitrogen and oxygen atoms in total. The first-order valence-electron chi connectivity index (χ1n) is 16.9. The zero-order chi connectivity index (χ0) is 33.1. The predicted octanol–water partition coefficient (Wildman–Crippen LogP) is 11.6. The van der Waals surface area contributed by atoms with Gasteiger partial charge in [-0.25, -0.2) is 15.0 Å². The van der Waals surface area contributed by atoms with E-state index in [2.05, 4.69) is 115 Å². The van der Waals surface area contributed by atoms with Gasteiger partial charge in [0.05, 0.1) is 5.41 Å². The molecule has 0 saturated heterocycles. The maximum Gasteiger partial charge on any atom is 0.164 e. The van der Waals surface area contributed by atoms with Gasteiger partial charge in [-0.3, -0.25) is 0 Å². The molecule has 1 unspecified atom stereocenters. The summed E-state index contributed by atoms with van der Waals surface area (Å²) in [5, 5.41) is 2.63. The second-order valence-corrected chi connectivity index (χ2v) is 13.8. The smallest absolute Gasteiger partial charge is 0.164 e. The summed E-state index contributed by atoms with van der Waals surface area (Å²) in [6.45, 7) is 0. The summed E-state index contributed by atoms with van der Waals surface area (Å²) >= 11 is 1.90. The second-order valence-electron chi connectivity index (χ2n) is 12.7. The zero-order valence-corrected chi connectivity index (χ0v) is 27.8. The first kappa shape index (κ1) is 28.8. The van der Waals surface area contributed by atoms with E-state index in [1.165, 1.54) is 53.6 Å². The van der Waals surface area contributed by atoms with Crippen molar-refractivity contribution in [3.8, 4) is 45.3 Å². The van der Waals surface area contributed by atoms with Crippen molar-refractivity contribution in [2.45, 2.75) is 5.41 Å². The highest BCUT2D eigenvalue weighted by Crippen LogP contribution is 2.59. The van der Waals surface area contributed by atoms with E-state index in [9.17, 15) is 0 Å². The van der Waals surface area contributed by atoms with Gasteiger partial charge in [-0.05, 0) is 33.9 Å². The quantitative estimate of drug-likeness (QED) is 0.185. The Bertz CT molecular complexity index is 2630. The van der Waals surface area contributed by atoms with E-state index in [4.69, 9.17) is 15.0 Å². The number of hydrogen-bond acceptors (Lipinski definition) is 4. The molecule has 0 radical (unpaired) electrons. The second kappa shape index (κ2) is 11.4. The lowest BCUT2D eigenvalue weighted by Gasteiger charge is -2.34. The molecular weight excluding hydrogens is 627 g/mol. The van der Waals surface area contributed by atoms with Crippen LogP contribution in [0.5, 0.6) is 0 Å². The Kier molecular flexibility index (Phi) is 6.58. The fourth-order valence-electron chi connectivity index (χ4n) is 7.83. The van der Waals surface area contributed by atoms with Gasteiger partial charge in [-0.15, -0.1) is 11.3 Å². The average molecular weight is 656 g/mol. The van der Waals surface area contributed by atoms with E-state index in [1.54, 1.807) is 0 Å². The minimum Gasteiger partial charge on any atom is -0.208 e. The molecule has 50 heavy (non-hydrogen) atoms. The van der Waals surface area contributed by atoms with Crippen molar-refractivity contribution in [1.29, 1.82) is 0 Å². The van der Waals surface area contributed by atoms with E-state index in [0.717, 1.165) is 16.7 Å². The topological polar surface area (TPSA) is 38.7 Å². The lowest BCUT2D eigenvalue weighted by atomic mass is 9.67. The van der Waals surface area contributed by atoms with Gasteiger partial charge in [-0.1, -0.05) is 170 Å². The fraction of sp³-hybridized carbons (Fsp3) is 0.0217. The molecule has 234 valence electrons. The Balaban J connectivity index is 1.19. The Morgan fingerprint density at radius 3 is 1.56 bits per heavy atom. The molecular formula is C46H29N3S. The highest BCUT2D eigenvalue weighted by molar-refractivity contribution is 7.26. The largest absolute Gasteiger partial charge is 0.208 e. The molecule has 0 aliphatic heterocycles. The van der Waals surface area contributed by atoms with Crippen molar-refractivity contribution in [1.82, 2.24) is 15.0 Å². The molecule has 2 heterocycles. The molecule has 0 bridgehead atoms. The van der Waals surface area contributed by atoms with Gasteiger partial charge in [0.15, 0.2) is 17.5 Å². The lowest BCUT2D eigenvalue weighted by molar-refractivity contribution is 0.769. The number of aromatic nitrogens is 3.